The third-order valence-corrected chi connectivity index (χ3v) is 4.08. The first-order valence-electron chi connectivity index (χ1n) is 7.40. The number of aromatic nitrogens is 3. The predicted octanol–water partition coefficient (Wildman–Crippen LogP) is 2.01. The van der Waals surface area contributed by atoms with E-state index in [4.69, 9.17) is 11.6 Å². The molecule has 3 rings (SSSR count). The van der Waals surface area contributed by atoms with Gasteiger partial charge in [0.25, 0.3) is 0 Å². The van der Waals surface area contributed by atoms with Crippen LogP contribution in [0.3, 0.4) is 0 Å². The van der Waals surface area contributed by atoms with Crippen molar-refractivity contribution in [2.24, 2.45) is 5.92 Å². The van der Waals surface area contributed by atoms with Crippen molar-refractivity contribution < 1.29 is 0 Å². The molecule has 1 aromatic carbocycles. The van der Waals surface area contributed by atoms with Gasteiger partial charge in [-0.3, -0.25) is 0 Å². The van der Waals surface area contributed by atoms with Crippen molar-refractivity contribution in [3.8, 4) is 5.69 Å². The topological polar surface area (TPSA) is 54.8 Å². The van der Waals surface area contributed by atoms with E-state index >= 15 is 0 Å². The molecular weight excluding hydrogens is 286 g/mol. The molecule has 1 aromatic heterocycles. The van der Waals surface area contributed by atoms with Crippen molar-refractivity contribution in [1.82, 2.24) is 25.6 Å². The summed E-state index contributed by atoms with van der Waals surface area (Å²) in [5.41, 5.74) is 1.93. The van der Waals surface area contributed by atoms with Crippen LogP contribution in [0, 0.1) is 5.92 Å². The van der Waals surface area contributed by atoms with Crippen molar-refractivity contribution in [3.63, 3.8) is 0 Å². The minimum Gasteiger partial charge on any atom is -0.317 e. The molecule has 2 aromatic rings. The first kappa shape index (κ1) is 14.5. The molecule has 0 unspecified atom stereocenters. The van der Waals surface area contributed by atoms with Crippen LogP contribution in [0.5, 0.6) is 0 Å². The summed E-state index contributed by atoms with van der Waals surface area (Å²) < 4.78 is 1.78. The normalized spacial score (nSPS) is 16.2. The highest BCUT2D eigenvalue weighted by Crippen LogP contribution is 2.13. The lowest BCUT2D eigenvalue weighted by Crippen LogP contribution is -2.33. The van der Waals surface area contributed by atoms with Crippen molar-refractivity contribution in [2.75, 3.05) is 19.6 Å². The van der Waals surface area contributed by atoms with Crippen LogP contribution < -0.4 is 10.6 Å². The molecule has 0 spiro atoms. The van der Waals surface area contributed by atoms with Gasteiger partial charge < -0.3 is 10.6 Å². The zero-order valence-electron chi connectivity index (χ0n) is 11.9. The van der Waals surface area contributed by atoms with Gasteiger partial charge in [-0.1, -0.05) is 16.8 Å². The number of benzene rings is 1. The van der Waals surface area contributed by atoms with Gasteiger partial charge in [-0.25, -0.2) is 4.68 Å². The molecule has 0 atom stereocenters. The number of hydrogen-bond donors (Lipinski definition) is 2. The van der Waals surface area contributed by atoms with Gasteiger partial charge in [0.1, 0.15) is 0 Å². The molecule has 0 radical (unpaired) electrons. The molecule has 5 nitrogen and oxygen atoms in total. The van der Waals surface area contributed by atoms with Gasteiger partial charge in [-0.15, -0.1) is 5.10 Å². The molecule has 1 aliphatic heterocycles. The number of nitrogens with one attached hydrogen (secondary N) is 2. The SMILES string of the molecule is Clc1ccc(-n2cc(CNCC3CCNCC3)nn2)cc1. The van der Waals surface area contributed by atoms with Crippen LogP contribution in [-0.4, -0.2) is 34.6 Å². The molecule has 2 heterocycles. The first-order valence-corrected chi connectivity index (χ1v) is 7.77. The summed E-state index contributed by atoms with van der Waals surface area (Å²) in [6, 6.07) is 7.58. The molecule has 0 aliphatic carbocycles. The Kier molecular flexibility index (Phi) is 4.85. The summed E-state index contributed by atoms with van der Waals surface area (Å²) in [4.78, 5) is 0. The molecule has 112 valence electrons. The number of hydrogen-bond acceptors (Lipinski definition) is 4. The Morgan fingerprint density at radius 2 is 2.00 bits per heavy atom. The second-order valence-electron chi connectivity index (χ2n) is 5.46. The third-order valence-electron chi connectivity index (χ3n) is 3.83. The van der Waals surface area contributed by atoms with E-state index in [2.05, 4.69) is 20.9 Å². The zero-order chi connectivity index (χ0) is 14.5. The lowest BCUT2D eigenvalue weighted by atomic mass is 9.98. The van der Waals surface area contributed by atoms with Crippen LogP contribution in [0.15, 0.2) is 30.5 Å². The van der Waals surface area contributed by atoms with Crippen LogP contribution in [0.2, 0.25) is 5.02 Å². The third kappa shape index (κ3) is 4.03. The molecular formula is C15H20ClN5. The highest BCUT2D eigenvalue weighted by atomic mass is 35.5. The monoisotopic (exact) mass is 305 g/mol. The van der Waals surface area contributed by atoms with E-state index in [0.29, 0.717) is 0 Å². The van der Waals surface area contributed by atoms with E-state index in [1.807, 2.05) is 30.5 Å². The van der Waals surface area contributed by atoms with Gasteiger partial charge in [0, 0.05) is 11.6 Å². The van der Waals surface area contributed by atoms with E-state index in [-0.39, 0.29) is 0 Å². The number of nitrogens with zero attached hydrogens (tertiary/aromatic N) is 3. The summed E-state index contributed by atoms with van der Waals surface area (Å²) in [5.74, 6) is 0.776. The molecule has 21 heavy (non-hydrogen) atoms. The number of halogens is 1. The van der Waals surface area contributed by atoms with Gasteiger partial charge in [0.05, 0.1) is 17.6 Å². The molecule has 0 amide bonds. The fraction of sp³-hybridized carbons (Fsp3) is 0.467. The Hall–Kier alpha value is -1.43. The highest BCUT2D eigenvalue weighted by Gasteiger charge is 2.12. The van der Waals surface area contributed by atoms with Gasteiger partial charge >= 0.3 is 0 Å². The maximum Gasteiger partial charge on any atom is 0.0969 e. The predicted molar refractivity (Wildman–Crippen MR) is 83.7 cm³/mol. The standard InChI is InChI=1S/C15H20ClN5/c16-13-1-3-15(4-2-13)21-11-14(19-20-21)10-18-9-12-5-7-17-8-6-12/h1-4,11-12,17-18H,5-10H2. The Bertz CT molecular complexity index is 560. The van der Waals surface area contributed by atoms with E-state index < -0.39 is 0 Å². The van der Waals surface area contributed by atoms with Crippen molar-refractivity contribution in [3.05, 3.63) is 41.2 Å². The number of piperidine rings is 1. The summed E-state index contributed by atoms with van der Waals surface area (Å²) in [7, 11) is 0. The zero-order valence-corrected chi connectivity index (χ0v) is 12.7. The minimum absolute atomic E-state index is 0.725. The smallest absolute Gasteiger partial charge is 0.0969 e. The minimum atomic E-state index is 0.725. The van der Waals surface area contributed by atoms with Gasteiger partial charge in [0.15, 0.2) is 0 Å². The van der Waals surface area contributed by atoms with Gasteiger partial charge in [-0.2, -0.15) is 0 Å². The molecule has 0 bridgehead atoms. The van der Waals surface area contributed by atoms with Crippen LogP contribution in [0.25, 0.3) is 5.69 Å². The quantitative estimate of drug-likeness (QED) is 0.887. The summed E-state index contributed by atoms with van der Waals surface area (Å²) in [6.45, 7) is 4.09. The Morgan fingerprint density at radius 3 is 2.76 bits per heavy atom. The summed E-state index contributed by atoms with van der Waals surface area (Å²) >= 11 is 5.89. The Balaban J connectivity index is 1.51. The summed E-state index contributed by atoms with van der Waals surface area (Å²) in [6.07, 6.45) is 4.47. The van der Waals surface area contributed by atoms with E-state index in [0.717, 1.165) is 48.5 Å². The highest BCUT2D eigenvalue weighted by molar-refractivity contribution is 6.30. The van der Waals surface area contributed by atoms with E-state index in [9.17, 15) is 0 Å². The van der Waals surface area contributed by atoms with Crippen LogP contribution in [-0.2, 0) is 6.54 Å². The Morgan fingerprint density at radius 1 is 1.24 bits per heavy atom. The molecule has 2 N–H and O–H groups in total. The fourth-order valence-corrected chi connectivity index (χ4v) is 2.72. The average molecular weight is 306 g/mol. The second kappa shape index (κ2) is 7.02. The maximum absolute atomic E-state index is 5.89. The van der Waals surface area contributed by atoms with E-state index in [1.165, 1.54) is 12.8 Å². The first-order chi connectivity index (χ1) is 10.3. The molecule has 1 aliphatic rings. The fourth-order valence-electron chi connectivity index (χ4n) is 2.59. The maximum atomic E-state index is 5.89. The van der Waals surface area contributed by atoms with Gasteiger partial charge in [0.2, 0.25) is 0 Å². The Labute approximate surface area is 129 Å². The molecule has 1 saturated heterocycles. The van der Waals surface area contributed by atoms with Crippen LogP contribution in [0.4, 0.5) is 0 Å². The number of rotatable bonds is 5. The van der Waals surface area contributed by atoms with Crippen molar-refractivity contribution in [2.45, 2.75) is 19.4 Å². The molecule has 6 heteroatoms. The second-order valence-corrected chi connectivity index (χ2v) is 5.89. The van der Waals surface area contributed by atoms with Crippen LogP contribution >= 0.6 is 11.6 Å². The average Bonchev–Trinajstić information content (AvgIpc) is 2.98. The lowest BCUT2D eigenvalue weighted by molar-refractivity contribution is 0.356. The van der Waals surface area contributed by atoms with Crippen molar-refractivity contribution >= 4 is 11.6 Å². The van der Waals surface area contributed by atoms with Crippen LogP contribution in [0.1, 0.15) is 18.5 Å². The van der Waals surface area contributed by atoms with Crippen molar-refractivity contribution in [1.29, 1.82) is 0 Å². The lowest BCUT2D eigenvalue weighted by Gasteiger charge is -2.22. The molecule has 0 saturated carbocycles. The van der Waals surface area contributed by atoms with E-state index in [1.54, 1.807) is 4.68 Å². The molecule has 1 fully saturated rings. The largest absolute Gasteiger partial charge is 0.317 e. The van der Waals surface area contributed by atoms with Gasteiger partial charge in [-0.05, 0) is 62.7 Å². The summed E-state index contributed by atoms with van der Waals surface area (Å²) in [5, 5.41) is 15.9.